The van der Waals surface area contributed by atoms with Gasteiger partial charge in [0.05, 0.1) is 0 Å². The van der Waals surface area contributed by atoms with Crippen LogP contribution in [0.15, 0.2) is 153 Å². The third-order valence-electron chi connectivity index (χ3n) is 10.6. The molecule has 2 N–H and O–H groups in total. The number of ether oxygens (including phenoxy) is 4. The molecule has 5 aromatic rings. The monoisotopic (exact) mass is 882 g/mol. The Morgan fingerprint density at radius 2 is 0.857 bits per heavy atom. The molecule has 5 aromatic carbocycles. The highest BCUT2D eigenvalue weighted by atomic mass is 32.2. The molecule has 0 bridgehead atoms. The van der Waals surface area contributed by atoms with Crippen LogP contribution < -0.4 is 10.6 Å². The van der Waals surface area contributed by atoms with E-state index in [1.54, 1.807) is 30.3 Å². The van der Waals surface area contributed by atoms with Crippen molar-refractivity contribution in [3.8, 4) is 22.3 Å². The molecule has 11 nitrogen and oxygen atoms in total. The summed E-state index contributed by atoms with van der Waals surface area (Å²) in [6.07, 6.45) is 1.13. The summed E-state index contributed by atoms with van der Waals surface area (Å²) in [5.74, 6) is -2.46. The average molecular weight is 883 g/mol. The molecule has 0 unspecified atom stereocenters. The molecule has 0 saturated heterocycles. The number of benzene rings is 5. The van der Waals surface area contributed by atoms with Crippen LogP contribution in [0.1, 0.15) is 44.4 Å². The van der Waals surface area contributed by atoms with Crippen molar-refractivity contribution >= 4 is 53.4 Å². The van der Waals surface area contributed by atoms with E-state index in [-0.39, 0.29) is 55.6 Å². The fraction of sp³-hybridized carbons (Fsp3) is 0.220. The lowest BCUT2D eigenvalue weighted by Gasteiger charge is -2.23. The molecule has 2 aliphatic rings. The Bertz CT molecular complexity index is 2240. The predicted molar refractivity (Wildman–Crippen MR) is 246 cm³/mol. The van der Waals surface area contributed by atoms with E-state index in [2.05, 4.69) is 23.8 Å². The molecule has 7 rings (SSSR count). The first-order chi connectivity index (χ1) is 30.8. The fourth-order valence-corrected chi connectivity index (χ4v) is 10.3. The van der Waals surface area contributed by atoms with Crippen molar-refractivity contribution in [2.24, 2.45) is 0 Å². The van der Waals surface area contributed by atoms with Gasteiger partial charge in [-0.15, -0.1) is 23.5 Å². The van der Waals surface area contributed by atoms with Crippen LogP contribution in [0.25, 0.3) is 22.3 Å². The van der Waals surface area contributed by atoms with E-state index >= 15 is 0 Å². The highest BCUT2D eigenvalue weighted by Gasteiger charge is 2.34. The normalized spacial score (nSPS) is 13.3. The van der Waals surface area contributed by atoms with Gasteiger partial charge in [0, 0.05) is 28.9 Å². The molecule has 0 heterocycles. The Labute approximate surface area is 374 Å². The number of fused-ring (bicyclic) bond motifs is 6. The molecule has 322 valence electrons. The van der Waals surface area contributed by atoms with Gasteiger partial charge in [0.1, 0.15) is 43.1 Å². The highest BCUT2D eigenvalue weighted by Crippen LogP contribution is 2.45. The largest absolute Gasteiger partial charge is 0.460 e. The summed E-state index contributed by atoms with van der Waals surface area (Å²) < 4.78 is 21.3. The van der Waals surface area contributed by atoms with Crippen LogP contribution in [0, 0.1) is 0 Å². The average Bonchev–Trinajstić information content (AvgIpc) is 3.82. The van der Waals surface area contributed by atoms with Crippen molar-refractivity contribution in [1.82, 2.24) is 10.6 Å². The minimum Gasteiger partial charge on any atom is -0.460 e. The molecule has 0 spiro atoms. The van der Waals surface area contributed by atoms with Gasteiger partial charge in [-0.2, -0.15) is 0 Å². The Hall–Kier alpha value is -6.57. The van der Waals surface area contributed by atoms with Crippen LogP contribution in [0.4, 0.5) is 9.59 Å². The fourth-order valence-electron chi connectivity index (χ4n) is 7.69. The van der Waals surface area contributed by atoms with E-state index in [0.29, 0.717) is 5.56 Å². The SMILES string of the molecule is C=CCOC(=O)[C@H](CSC(SC[C@H](NC(=O)OCC1c2ccccc2-c2ccccc21)C(=O)OCC=C)C(=O)c1ccccc1)NC(=O)OCC1c2ccccc2-c2ccccc21. The van der Waals surface area contributed by atoms with Gasteiger partial charge >= 0.3 is 24.1 Å². The number of carbonyl (C=O) groups excluding carboxylic acids is 5. The molecule has 0 fully saturated rings. The number of hydrogen-bond acceptors (Lipinski definition) is 11. The first-order valence-electron chi connectivity index (χ1n) is 20.4. The van der Waals surface area contributed by atoms with Crippen LogP contribution >= 0.6 is 23.5 Å². The lowest BCUT2D eigenvalue weighted by atomic mass is 9.98. The number of ketones is 1. The molecule has 0 aliphatic heterocycles. The Morgan fingerprint density at radius 1 is 0.508 bits per heavy atom. The van der Waals surface area contributed by atoms with Gasteiger partial charge in [0.2, 0.25) is 0 Å². The molecule has 63 heavy (non-hydrogen) atoms. The number of hydrogen-bond donors (Lipinski definition) is 2. The van der Waals surface area contributed by atoms with E-state index in [0.717, 1.165) is 68.0 Å². The Balaban J connectivity index is 1.03. The first-order valence-corrected chi connectivity index (χ1v) is 22.5. The molecule has 2 aliphatic carbocycles. The number of carbonyl (C=O) groups is 5. The minimum atomic E-state index is -1.23. The lowest BCUT2D eigenvalue weighted by Crippen LogP contribution is -2.45. The second-order valence-electron chi connectivity index (χ2n) is 14.6. The zero-order chi connectivity index (χ0) is 44.1. The molecule has 0 radical (unpaired) electrons. The summed E-state index contributed by atoms with van der Waals surface area (Å²) in [4.78, 5) is 67.6. The van der Waals surface area contributed by atoms with Crippen LogP contribution in [0.5, 0.6) is 0 Å². The maximum atomic E-state index is 14.1. The number of nitrogens with one attached hydrogen (secondary N) is 2. The molecule has 2 amide bonds. The molecule has 13 heteroatoms. The van der Waals surface area contributed by atoms with Crippen molar-refractivity contribution in [2.45, 2.75) is 28.5 Å². The summed E-state index contributed by atoms with van der Waals surface area (Å²) in [5, 5.41) is 5.29. The molecular weight excluding hydrogens is 837 g/mol. The van der Waals surface area contributed by atoms with E-state index < -0.39 is 40.8 Å². The molecule has 0 aromatic heterocycles. The third-order valence-corrected chi connectivity index (χ3v) is 13.5. The summed E-state index contributed by atoms with van der Waals surface area (Å²) in [6, 6.07) is 37.9. The quantitative estimate of drug-likeness (QED) is 0.0254. The van der Waals surface area contributed by atoms with Gasteiger partial charge in [-0.05, 0) is 44.5 Å². The van der Waals surface area contributed by atoms with Gasteiger partial charge in [-0.25, -0.2) is 19.2 Å². The van der Waals surface area contributed by atoms with Crippen LogP contribution in [0.2, 0.25) is 0 Å². The van der Waals surface area contributed by atoms with Gasteiger partial charge in [-0.3, -0.25) is 4.79 Å². The maximum absolute atomic E-state index is 14.1. The van der Waals surface area contributed by atoms with E-state index in [1.165, 1.54) is 12.2 Å². The lowest BCUT2D eigenvalue weighted by molar-refractivity contribution is -0.144. The molecule has 0 saturated carbocycles. The Kier molecular flexibility index (Phi) is 15.2. The molecule has 2 atom stereocenters. The number of esters is 2. The number of amides is 2. The predicted octanol–water partition coefficient (Wildman–Crippen LogP) is 8.93. The van der Waals surface area contributed by atoms with Gasteiger partial charge in [0.15, 0.2) is 5.78 Å². The van der Waals surface area contributed by atoms with Gasteiger partial charge in [-0.1, -0.05) is 153 Å². The summed E-state index contributed by atoms with van der Waals surface area (Å²) >= 11 is 2.14. The van der Waals surface area contributed by atoms with Crippen LogP contribution in [0.3, 0.4) is 0 Å². The van der Waals surface area contributed by atoms with E-state index in [9.17, 15) is 24.0 Å². The van der Waals surface area contributed by atoms with Crippen molar-refractivity contribution in [3.05, 3.63) is 181 Å². The van der Waals surface area contributed by atoms with Crippen molar-refractivity contribution in [2.75, 3.05) is 37.9 Å². The standard InChI is InChI=1S/C50H46N2O9S2/c1-3-26-58-46(54)43(51-49(56)60-28-41-37-22-12-8-18-33(37)34-19-9-13-23-38(34)41)30-62-48(45(53)32-16-6-5-7-17-32)63-31-44(47(55)59-27-4-2)52-50(57)61-29-42-39-24-14-10-20-35(39)36-21-11-15-25-40(36)42/h3-25,41-44,48H,1-2,26-31H2,(H,51,56)(H,52,57)/t43-,44-/m0/s1. The van der Waals surface area contributed by atoms with Gasteiger partial charge < -0.3 is 29.6 Å². The Morgan fingerprint density at radius 3 is 1.22 bits per heavy atom. The maximum Gasteiger partial charge on any atom is 0.407 e. The smallest absolute Gasteiger partial charge is 0.407 e. The number of alkyl carbamates (subject to hydrolysis) is 2. The zero-order valence-electron chi connectivity index (χ0n) is 34.3. The third kappa shape index (κ3) is 10.7. The van der Waals surface area contributed by atoms with Crippen molar-refractivity contribution in [1.29, 1.82) is 0 Å². The zero-order valence-corrected chi connectivity index (χ0v) is 35.9. The van der Waals surface area contributed by atoms with E-state index in [1.807, 2.05) is 97.1 Å². The second kappa shape index (κ2) is 21.5. The second-order valence-corrected chi connectivity index (χ2v) is 17.2. The minimum absolute atomic E-state index is 0.0203. The van der Waals surface area contributed by atoms with Gasteiger partial charge in [0.25, 0.3) is 0 Å². The van der Waals surface area contributed by atoms with Crippen molar-refractivity contribution in [3.63, 3.8) is 0 Å². The summed E-state index contributed by atoms with van der Waals surface area (Å²) in [7, 11) is 0. The highest BCUT2D eigenvalue weighted by molar-refractivity contribution is 8.18. The topological polar surface area (TPSA) is 146 Å². The summed E-state index contributed by atoms with van der Waals surface area (Å²) in [6.45, 7) is 7.05. The number of thioether (sulfide) groups is 2. The molecular formula is C50H46N2O9S2. The number of rotatable bonds is 20. The number of Topliss-reactive ketones (excluding diaryl/α,β-unsaturated/α-hetero) is 1. The van der Waals surface area contributed by atoms with Crippen LogP contribution in [-0.4, -0.2) is 84.5 Å². The first kappa shape index (κ1) is 44.5. The summed E-state index contributed by atoms with van der Waals surface area (Å²) in [5.41, 5.74) is 8.79. The van der Waals surface area contributed by atoms with Crippen LogP contribution in [-0.2, 0) is 28.5 Å². The van der Waals surface area contributed by atoms with Crippen molar-refractivity contribution < 1.29 is 42.9 Å². The van der Waals surface area contributed by atoms with E-state index in [4.69, 9.17) is 18.9 Å².